The lowest BCUT2D eigenvalue weighted by Crippen LogP contribution is -2.36. The number of carbonyl (C=O) groups is 1. The fourth-order valence-corrected chi connectivity index (χ4v) is 4.28. The summed E-state index contributed by atoms with van der Waals surface area (Å²) in [6.45, 7) is 7.18. The summed E-state index contributed by atoms with van der Waals surface area (Å²) in [7, 11) is -6.27. The molecule has 0 aromatic carbocycles. The first-order valence-electron chi connectivity index (χ1n) is 6.08. The van der Waals surface area contributed by atoms with E-state index in [0.717, 1.165) is 6.26 Å². The fourth-order valence-electron chi connectivity index (χ4n) is 1.74. The second-order valence-electron chi connectivity index (χ2n) is 5.04. The Balaban J connectivity index is 5.02. The minimum absolute atomic E-state index is 0.126. The van der Waals surface area contributed by atoms with Crippen LogP contribution < -0.4 is 0 Å². The summed E-state index contributed by atoms with van der Waals surface area (Å²) in [4.78, 5) is 12.0. The number of hydrogen-bond donors (Lipinski definition) is 0. The van der Waals surface area contributed by atoms with Crippen molar-refractivity contribution in [2.24, 2.45) is 5.92 Å². The second kappa shape index (κ2) is 7.41. The smallest absolute Gasteiger partial charge is 0.319 e. The van der Waals surface area contributed by atoms with Crippen LogP contribution in [0.5, 0.6) is 0 Å². The third-order valence-corrected chi connectivity index (χ3v) is 5.36. The molecule has 0 aliphatic heterocycles. The molecule has 0 saturated carbocycles. The minimum atomic E-state index is -3.67. The van der Waals surface area contributed by atoms with Gasteiger partial charge in [-0.3, -0.25) is 8.98 Å². The Morgan fingerprint density at radius 3 is 2.26 bits per heavy atom. The van der Waals surface area contributed by atoms with Crippen molar-refractivity contribution >= 4 is 23.9 Å². The summed E-state index contributed by atoms with van der Waals surface area (Å²) in [5.74, 6) is -0.439. The van der Waals surface area contributed by atoms with Gasteiger partial charge in [-0.2, -0.15) is 8.42 Å². The van der Waals surface area contributed by atoms with Crippen LogP contribution in [0.4, 0.5) is 0 Å². The van der Waals surface area contributed by atoms with Crippen molar-refractivity contribution in [1.29, 1.82) is 0 Å². The molecule has 8 heteroatoms. The summed E-state index contributed by atoms with van der Waals surface area (Å²) in [6, 6.07) is 0. The molecule has 0 aromatic heterocycles. The van der Waals surface area contributed by atoms with E-state index in [4.69, 9.17) is 4.74 Å². The SMILES string of the molecule is CCOC(=O)C(C)(CC(C)C)[PH](=O)COS(C)(=O)=O. The topological polar surface area (TPSA) is 86.7 Å². The Kier molecular flexibility index (Phi) is 7.26. The Hall–Kier alpha value is -0.390. The van der Waals surface area contributed by atoms with E-state index in [-0.39, 0.29) is 12.5 Å². The molecule has 0 heterocycles. The molecule has 0 amide bonds. The van der Waals surface area contributed by atoms with Crippen LogP contribution >= 0.6 is 7.80 Å². The third kappa shape index (κ3) is 6.54. The zero-order valence-electron chi connectivity index (χ0n) is 12.1. The molecule has 0 N–H and O–H groups in total. The average Bonchev–Trinajstić information content (AvgIpc) is 2.23. The molecule has 0 spiro atoms. The van der Waals surface area contributed by atoms with Crippen LogP contribution in [0.15, 0.2) is 0 Å². The van der Waals surface area contributed by atoms with Crippen molar-refractivity contribution < 1.29 is 26.7 Å². The molecule has 0 aliphatic rings. The zero-order valence-corrected chi connectivity index (χ0v) is 13.9. The predicted octanol–water partition coefficient (Wildman–Crippen LogP) is 1.85. The highest BCUT2D eigenvalue weighted by molar-refractivity contribution is 7.86. The number of ether oxygens (including phenoxy) is 1. The maximum atomic E-state index is 12.3. The molecular weight excluding hydrogens is 291 g/mol. The maximum absolute atomic E-state index is 12.3. The Bertz CT molecular complexity index is 430. The summed E-state index contributed by atoms with van der Waals surface area (Å²) < 4.78 is 43.6. The Morgan fingerprint density at radius 1 is 1.37 bits per heavy atom. The van der Waals surface area contributed by atoms with E-state index in [1.807, 2.05) is 13.8 Å². The molecule has 2 atom stereocenters. The van der Waals surface area contributed by atoms with Crippen LogP contribution in [-0.4, -0.2) is 38.8 Å². The van der Waals surface area contributed by atoms with Crippen LogP contribution in [0.1, 0.15) is 34.1 Å². The molecule has 19 heavy (non-hydrogen) atoms. The van der Waals surface area contributed by atoms with Gasteiger partial charge in [-0.25, -0.2) is 0 Å². The predicted molar refractivity (Wildman–Crippen MR) is 74.3 cm³/mol. The van der Waals surface area contributed by atoms with Crippen molar-refractivity contribution in [3.8, 4) is 0 Å². The molecule has 0 rings (SSSR count). The van der Waals surface area contributed by atoms with Crippen molar-refractivity contribution in [3.63, 3.8) is 0 Å². The van der Waals surface area contributed by atoms with Gasteiger partial charge in [0.15, 0.2) is 0 Å². The van der Waals surface area contributed by atoms with E-state index in [2.05, 4.69) is 4.18 Å². The average molecular weight is 314 g/mol. The molecule has 0 aliphatic carbocycles. The largest absolute Gasteiger partial charge is 0.465 e. The lowest BCUT2D eigenvalue weighted by atomic mass is 9.98. The number of rotatable bonds is 8. The van der Waals surface area contributed by atoms with Crippen LogP contribution in [-0.2, 0) is 28.4 Å². The third-order valence-electron chi connectivity index (χ3n) is 2.56. The summed E-state index contributed by atoms with van der Waals surface area (Å²) in [6.07, 6.45) is 0.772. The van der Waals surface area contributed by atoms with Gasteiger partial charge in [0, 0.05) is 0 Å². The normalized spacial score (nSPS) is 16.9. The van der Waals surface area contributed by atoms with Gasteiger partial charge in [0.2, 0.25) is 0 Å². The van der Waals surface area contributed by atoms with E-state index >= 15 is 0 Å². The minimum Gasteiger partial charge on any atom is -0.465 e. The Labute approximate surface area is 115 Å². The van der Waals surface area contributed by atoms with Crippen LogP contribution in [0, 0.1) is 5.92 Å². The monoisotopic (exact) mass is 314 g/mol. The van der Waals surface area contributed by atoms with E-state index in [0.29, 0.717) is 6.42 Å². The highest BCUT2D eigenvalue weighted by atomic mass is 32.2. The van der Waals surface area contributed by atoms with Gasteiger partial charge in [-0.05, 0) is 26.2 Å². The molecule has 0 fully saturated rings. The fraction of sp³-hybridized carbons (Fsp3) is 0.909. The molecule has 6 nitrogen and oxygen atoms in total. The number of esters is 1. The molecule has 0 aromatic rings. The van der Waals surface area contributed by atoms with Gasteiger partial charge in [0.1, 0.15) is 19.3 Å². The van der Waals surface area contributed by atoms with Crippen molar-refractivity contribution in [1.82, 2.24) is 0 Å². The first kappa shape index (κ1) is 18.6. The van der Waals surface area contributed by atoms with Crippen LogP contribution in [0.3, 0.4) is 0 Å². The highest BCUT2D eigenvalue weighted by Gasteiger charge is 2.41. The zero-order chi connectivity index (χ0) is 15.3. The maximum Gasteiger partial charge on any atom is 0.319 e. The van der Waals surface area contributed by atoms with Gasteiger partial charge in [0.25, 0.3) is 10.1 Å². The molecular formula is C11H23O6PS. The summed E-state index contributed by atoms with van der Waals surface area (Å²) in [5.41, 5.74) is 0. The summed E-state index contributed by atoms with van der Waals surface area (Å²) in [5, 5.41) is -1.19. The van der Waals surface area contributed by atoms with Gasteiger partial charge in [-0.1, -0.05) is 13.8 Å². The van der Waals surface area contributed by atoms with E-state index in [1.54, 1.807) is 6.92 Å². The van der Waals surface area contributed by atoms with Crippen molar-refractivity contribution in [2.45, 2.75) is 39.3 Å². The van der Waals surface area contributed by atoms with Gasteiger partial charge in [0.05, 0.1) is 12.9 Å². The molecule has 114 valence electrons. The number of carbonyl (C=O) groups excluding carboxylic acids is 1. The van der Waals surface area contributed by atoms with E-state index < -0.39 is 35.4 Å². The molecule has 0 bridgehead atoms. The standard InChI is InChI=1S/C11H23O6PS/c1-6-16-10(12)11(4,7-9(2)3)18(13)8-17-19(5,14)15/h9,18H,6-8H2,1-5H3. The first-order valence-corrected chi connectivity index (χ1v) is 9.51. The number of hydrogen-bond acceptors (Lipinski definition) is 6. The van der Waals surface area contributed by atoms with E-state index in [1.165, 1.54) is 6.92 Å². The molecule has 0 radical (unpaired) electrons. The molecule has 0 saturated heterocycles. The lowest BCUT2D eigenvalue weighted by Gasteiger charge is -2.28. The lowest BCUT2D eigenvalue weighted by molar-refractivity contribution is -0.146. The quantitative estimate of drug-likeness (QED) is 0.386. The highest BCUT2D eigenvalue weighted by Crippen LogP contribution is 2.44. The van der Waals surface area contributed by atoms with Gasteiger partial charge in [-0.15, -0.1) is 0 Å². The van der Waals surface area contributed by atoms with E-state index in [9.17, 15) is 17.8 Å². The Morgan fingerprint density at radius 2 is 1.89 bits per heavy atom. The van der Waals surface area contributed by atoms with Gasteiger partial charge >= 0.3 is 5.97 Å². The molecule has 2 unspecified atom stereocenters. The van der Waals surface area contributed by atoms with Crippen molar-refractivity contribution in [3.05, 3.63) is 0 Å². The first-order chi connectivity index (χ1) is 8.53. The van der Waals surface area contributed by atoms with Crippen LogP contribution in [0.2, 0.25) is 0 Å². The summed E-state index contributed by atoms with van der Waals surface area (Å²) >= 11 is 0. The second-order valence-corrected chi connectivity index (χ2v) is 8.92. The van der Waals surface area contributed by atoms with Crippen LogP contribution in [0.25, 0.3) is 0 Å². The van der Waals surface area contributed by atoms with Gasteiger partial charge < -0.3 is 9.30 Å². The van der Waals surface area contributed by atoms with Crippen molar-refractivity contribution in [2.75, 3.05) is 19.2 Å².